The minimum atomic E-state index is -0.781. The first-order valence-electron chi connectivity index (χ1n) is 16.9. The number of nitrogens with zero attached hydrogens (tertiary/aromatic N) is 1. The molecule has 2 atom stereocenters. The molecule has 0 fully saturated rings. The van der Waals surface area contributed by atoms with Crippen LogP contribution in [0.3, 0.4) is 0 Å². The minimum absolute atomic E-state index is 0.0327. The number of aryl methyl sites for hydroxylation is 6. The predicted octanol–water partition coefficient (Wildman–Crippen LogP) is 8.25. The Morgan fingerprint density at radius 3 is 1.85 bits per heavy atom. The Morgan fingerprint density at radius 2 is 1.22 bits per heavy atom. The van der Waals surface area contributed by atoms with Gasteiger partial charge in [0.15, 0.2) is 0 Å². The normalized spacial score (nSPS) is 19.8. The van der Waals surface area contributed by atoms with E-state index >= 15 is 0 Å². The Bertz CT molecular complexity index is 1900. The van der Waals surface area contributed by atoms with Crippen molar-refractivity contribution in [2.75, 3.05) is 6.61 Å². The fourth-order valence-corrected chi connectivity index (χ4v) is 12.0. The van der Waals surface area contributed by atoms with E-state index < -0.39 is 7.92 Å². The molecule has 0 amide bonds. The second-order valence-electron chi connectivity index (χ2n) is 13.6. The zero-order valence-corrected chi connectivity index (χ0v) is 28.3. The number of hydrogen-bond acceptors (Lipinski definition) is 2. The Balaban J connectivity index is 1.31. The van der Waals surface area contributed by atoms with Crippen molar-refractivity contribution in [2.24, 2.45) is 4.99 Å². The zero-order valence-electron chi connectivity index (χ0n) is 27.4. The monoisotopic (exact) mass is 619 g/mol. The van der Waals surface area contributed by atoms with E-state index in [2.05, 4.69) is 131 Å². The Hall–Kier alpha value is -4.00. The second-order valence-corrected chi connectivity index (χ2v) is 15.7. The van der Waals surface area contributed by atoms with Crippen molar-refractivity contribution >= 4 is 29.7 Å². The standard InChI is InChI=1S/C43H42NOP/c1-28-12-8-13-29(2)40(28)46(41-30(3)14-9-15-31(41)4)37-21-11-19-34-23-25-43(39(34)37)24-22-33-18-10-20-36(38(33)43)42-44-35(27-45-42)26-32-16-6-5-7-17-32/h5-21,35H,22-27H2,1-4H3/t35-,43-/m1/s1. The molecule has 0 N–H and O–H groups in total. The van der Waals surface area contributed by atoms with E-state index in [-0.39, 0.29) is 11.5 Å². The molecule has 46 heavy (non-hydrogen) atoms. The van der Waals surface area contributed by atoms with Gasteiger partial charge in [-0.3, -0.25) is 0 Å². The molecule has 1 heterocycles. The Morgan fingerprint density at radius 1 is 0.652 bits per heavy atom. The van der Waals surface area contributed by atoms with E-state index in [1.54, 1.807) is 10.9 Å². The average Bonchev–Trinajstić information content (AvgIpc) is 3.79. The second kappa shape index (κ2) is 11.7. The molecule has 8 rings (SSSR count). The zero-order chi connectivity index (χ0) is 31.4. The third kappa shape index (κ3) is 4.76. The number of aliphatic imine (C=N–C) groups is 1. The molecule has 0 radical (unpaired) electrons. The van der Waals surface area contributed by atoms with Crippen LogP contribution in [-0.2, 0) is 29.4 Å². The van der Waals surface area contributed by atoms with E-state index in [1.807, 2.05) is 0 Å². The molecule has 0 saturated heterocycles. The maximum absolute atomic E-state index is 6.47. The topological polar surface area (TPSA) is 21.6 Å². The van der Waals surface area contributed by atoms with E-state index in [1.165, 1.54) is 60.7 Å². The largest absolute Gasteiger partial charge is 0.475 e. The molecular weight excluding hydrogens is 577 g/mol. The van der Waals surface area contributed by atoms with Crippen LogP contribution in [0.2, 0.25) is 0 Å². The molecule has 3 aliphatic rings. The van der Waals surface area contributed by atoms with Gasteiger partial charge in [0, 0.05) is 11.0 Å². The van der Waals surface area contributed by atoms with Crippen LogP contribution in [0.15, 0.2) is 108 Å². The highest BCUT2D eigenvalue weighted by atomic mass is 31.1. The van der Waals surface area contributed by atoms with Crippen molar-refractivity contribution in [2.45, 2.75) is 71.3 Å². The molecule has 230 valence electrons. The van der Waals surface area contributed by atoms with Gasteiger partial charge in [-0.1, -0.05) is 97.1 Å². The quantitative estimate of drug-likeness (QED) is 0.176. The molecule has 5 aromatic rings. The minimum Gasteiger partial charge on any atom is -0.475 e. The molecule has 5 aromatic carbocycles. The van der Waals surface area contributed by atoms with Crippen LogP contribution in [-0.4, -0.2) is 18.5 Å². The number of hydrogen-bond donors (Lipinski definition) is 0. The third-order valence-electron chi connectivity index (χ3n) is 10.7. The summed E-state index contributed by atoms with van der Waals surface area (Å²) in [5.74, 6) is 0.844. The summed E-state index contributed by atoms with van der Waals surface area (Å²) < 4.78 is 6.47. The summed E-state index contributed by atoms with van der Waals surface area (Å²) in [6.07, 6.45) is 5.42. The van der Waals surface area contributed by atoms with Gasteiger partial charge < -0.3 is 4.74 Å². The summed E-state index contributed by atoms with van der Waals surface area (Å²) in [5, 5.41) is 4.58. The number of fused-ring (bicyclic) bond motifs is 4. The summed E-state index contributed by atoms with van der Waals surface area (Å²) in [4.78, 5) is 5.24. The van der Waals surface area contributed by atoms with Crippen LogP contribution in [0.1, 0.15) is 68.5 Å². The fraction of sp³-hybridized carbons (Fsp3) is 0.279. The van der Waals surface area contributed by atoms with Gasteiger partial charge in [-0.05, 0) is 140 Å². The molecule has 0 aromatic heterocycles. The number of benzene rings is 5. The van der Waals surface area contributed by atoms with E-state index in [0.29, 0.717) is 6.61 Å². The lowest BCUT2D eigenvalue weighted by Crippen LogP contribution is -2.34. The van der Waals surface area contributed by atoms with Crippen LogP contribution in [0, 0.1) is 27.7 Å². The average molecular weight is 620 g/mol. The first-order chi connectivity index (χ1) is 22.4. The van der Waals surface area contributed by atoms with Crippen LogP contribution in [0.5, 0.6) is 0 Å². The lowest BCUT2D eigenvalue weighted by Gasteiger charge is -2.34. The molecule has 1 spiro atoms. The summed E-state index contributed by atoms with van der Waals surface area (Å²) in [6, 6.07) is 38.7. The summed E-state index contributed by atoms with van der Waals surface area (Å²) in [5.41, 5.74) is 14.2. The third-order valence-corrected chi connectivity index (χ3v) is 13.9. The summed E-state index contributed by atoms with van der Waals surface area (Å²) >= 11 is 0. The first-order valence-corrected chi connectivity index (χ1v) is 18.2. The van der Waals surface area contributed by atoms with E-state index in [4.69, 9.17) is 9.73 Å². The van der Waals surface area contributed by atoms with Gasteiger partial charge in [0.25, 0.3) is 0 Å². The Kier molecular flexibility index (Phi) is 7.46. The summed E-state index contributed by atoms with van der Waals surface area (Å²) in [7, 11) is -0.781. The van der Waals surface area contributed by atoms with E-state index in [0.717, 1.165) is 38.0 Å². The maximum Gasteiger partial charge on any atom is 0.216 e. The van der Waals surface area contributed by atoms with Gasteiger partial charge in [0.1, 0.15) is 6.61 Å². The molecule has 0 saturated carbocycles. The van der Waals surface area contributed by atoms with Crippen LogP contribution in [0.25, 0.3) is 0 Å². The SMILES string of the molecule is Cc1cccc(C)c1P(c1cccc2c1[C@]1(CCc3cccc(C4=N[C@H](Cc5ccccc5)CO4)c31)CC2)c1c(C)cccc1C. The number of rotatable bonds is 6. The van der Waals surface area contributed by atoms with Gasteiger partial charge in [0.2, 0.25) is 5.90 Å². The van der Waals surface area contributed by atoms with Crippen LogP contribution >= 0.6 is 7.92 Å². The van der Waals surface area contributed by atoms with Gasteiger partial charge >= 0.3 is 0 Å². The van der Waals surface area contributed by atoms with Crippen molar-refractivity contribution in [1.82, 2.24) is 0 Å². The van der Waals surface area contributed by atoms with Crippen molar-refractivity contribution < 1.29 is 4.74 Å². The highest BCUT2D eigenvalue weighted by molar-refractivity contribution is 7.80. The lowest BCUT2D eigenvalue weighted by molar-refractivity contribution is 0.316. The van der Waals surface area contributed by atoms with Gasteiger partial charge in [-0.2, -0.15) is 0 Å². The van der Waals surface area contributed by atoms with Crippen molar-refractivity contribution in [3.8, 4) is 0 Å². The van der Waals surface area contributed by atoms with Gasteiger partial charge in [-0.25, -0.2) is 4.99 Å². The molecule has 2 aliphatic carbocycles. The van der Waals surface area contributed by atoms with Crippen LogP contribution < -0.4 is 15.9 Å². The molecule has 1 aliphatic heterocycles. The molecule has 0 unspecified atom stereocenters. The van der Waals surface area contributed by atoms with Crippen molar-refractivity contribution in [3.63, 3.8) is 0 Å². The van der Waals surface area contributed by atoms with Crippen molar-refractivity contribution in [3.05, 3.63) is 159 Å². The molecule has 0 bridgehead atoms. The lowest BCUT2D eigenvalue weighted by atomic mass is 9.74. The summed E-state index contributed by atoms with van der Waals surface area (Å²) in [6.45, 7) is 9.90. The number of ether oxygens (including phenoxy) is 1. The maximum atomic E-state index is 6.47. The first kappa shape index (κ1) is 29.4. The van der Waals surface area contributed by atoms with E-state index in [9.17, 15) is 0 Å². The van der Waals surface area contributed by atoms with Gasteiger partial charge in [0.05, 0.1) is 6.04 Å². The smallest absolute Gasteiger partial charge is 0.216 e. The molecule has 3 heteroatoms. The Labute approximate surface area is 275 Å². The highest BCUT2D eigenvalue weighted by Gasteiger charge is 2.49. The van der Waals surface area contributed by atoms with Gasteiger partial charge in [-0.15, -0.1) is 0 Å². The highest BCUT2D eigenvalue weighted by Crippen LogP contribution is 2.55. The van der Waals surface area contributed by atoms with Crippen molar-refractivity contribution in [1.29, 1.82) is 0 Å². The predicted molar refractivity (Wildman–Crippen MR) is 194 cm³/mol. The molecular formula is C43H42NOP. The molecule has 2 nitrogen and oxygen atoms in total. The fourth-order valence-electron chi connectivity index (χ4n) is 8.75. The van der Waals surface area contributed by atoms with Crippen LogP contribution in [0.4, 0.5) is 0 Å².